The maximum absolute atomic E-state index is 13.5. The molecule has 3 aliphatic rings. The van der Waals surface area contributed by atoms with Crippen LogP contribution >= 0.6 is 24.0 Å². The first-order valence-corrected chi connectivity index (χ1v) is 16.1. The molecule has 0 saturated carbocycles. The van der Waals surface area contributed by atoms with E-state index in [0.29, 0.717) is 78.1 Å². The molecule has 1 amide bonds. The van der Waals surface area contributed by atoms with Gasteiger partial charge in [0.1, 0.15) is 21.8 Å². The number of thioether (sulfide) groups is 1. The summed E-state index contributed by atoms with van der Waals surface area (Å²) in [5.41, 5.74) is 0.664. The summed E-state index contributed by atoms with van der Waals surface area (Å²) in [6.07, 6.45) is 3.77. The van der Waals surface area contributed by atoms with Crippen molar-refractivity contribution in [1.29, 1.82) is 5.26 Å². The van der Waals surface area contributed by atoms with Crippen LogP contribution in [0, 0.1) is 24.2 Å². The van der Waals surface area contributed by atoms with Gasteiger partial charge < -0.3 is 9.64 Å². The van der Waals surface area contributed by atoms with Crippen LogP contribution in [0.5, 0.6) is 0 Å². The third-order valence-corrected chi connectivity index (χ3v) is 10.5. The van der Waals surface area contributed by atoms with Gasteiger partial charge >= 0.3 is 5.97 Å². The van der Waals surface area contributed by atoms with Gasteiger partial charge in [-0.05, 0) is 51.2 Å². The van der Waals surface area contributed by atoms with Gasteiger partial charge in [-0.15, -0.1) is 0 Å². The molecule has 3 saturated heterocycles. The number of carbonyl (C=O) groups excluding carboxylic acids is 2. The van der Waals surface area contributed by atoms with Crippen LogP contribution in [-0.4, -0.2) is 71.3 Å². The molecule has 3 fully saturated rings. The van der Waals surface area contributed by atoms with Crippen molar-refractivity contribution in [2.24, 2.45) is 5.92 Å². The highest BCUT2D eigenvalue weighted by Gasteiger charge is 2.42. The summed E-state index contributed by atoms with van der Waals surface area (Å²) in [5, 5.41) is 9.85. The lowest BCUT2D eigenvalue weighted by molar-refractivity contribution is -0.148. The van der Waals surface area contributed by atoms with E-state index < -0.39 is 15.9 Å². The number of amides is 1. The van der Waals surface area contributed by atoms with Crippen molar-refractivity contribution in [1.82, 2.24) is 9.47 Å². The van der Waals surface area contributed by atoms with E-state index in [1.807, 2.05) is 17.9 Å². The fraction of sp³-hybridized carbons (Fsp3) is 0.577. The van der Waals surface area contributed by atoms with Gasteiger partial charge in [0, 0.05) is 25.2 Å². The smallest absolute Gasteiger partial charge is 0.309 e. The maximum Gasteiger partial charge on any atom is 0.309 e. The highest BCUT2D eigenvalue weighted by Crippen LogP contribution is 2.39. The van der Waals surface area contributed by atoms with Crippen molar-refractivity contribution in [3.05, 3.63) is 31.9 Å². The van der Waals surface area contributed by atoms with Gasteiger partial charge in [-0.3, -0.25) is 23.9 Å². The number of sulfone groups is 1. The molecule has 210 valence electrons. The minimum Gasteiger partial charge on any atom is -0.466 e. The van der Waals surface area contributed by atoms with Crippen LogP contribution in [0.4, 0.5) is 5.82 Å². The molecule has 0 spiro atoms. The molecule has 1 atom stereocenters. The number of esters is 1. The number of piperidine rings is 1. The monoisotopic (exact) mass is 592 g/mol. The second-order valence-electron chi connectivity index (χ2n) is 9.93. The first kappa shape index (κ1) is 29.3. The Kier molecular flexibility index (Phi) is 8.88. The molecule has 1 aromatic rings. The standard InChI is InChI=1S/C26H32N4O6S3/c1-4-9-29-22(28-10-6-17(7-11-28)25(33)36-5-2)19(16(3)20(14-27)23(29)31)13-21-24(32)30(26(37)38-21)18-8-12-39(34,35)15-18/h13,17-18H,4-12,15H2,1-3H3/b21-13-. The molecule has 0 aliphatic carbocycles. The highest BCUT2D eigenvalue weighted by atomic mass is 32.2. The topological polar surface area (TPSA) is 130 Å². The third kappa shape index (κ3) is 5.78. The van der Waals surface area contributed by atoms with Gasteiger partial charge in [0.2, 0.25) is 0 Å². The number of pyridine rings is 1. The predicted octanol–water partition coefficient (Wildman–Crippen LogP) is 2.61. The minimum atomic E-state index is -3.22. The van der Waals surface area contributed by atoms with E-state index >= 15 is 0 Å². The van der Waals surface area contributed by atoms with Gasteiger partial charge in [-0.2, -0.15) is 5.26 Å². The molecule has 4 rings (SSSR count). The Morgan fingerprint density at radius 1 is 1.23 bits per heavy atom. The van der Waals surface area contributed by atoms with E-state index in [4.69, 9.17) is 17.0 Å². The van der Waals surface area contributed by atoms with Crippen molar-refractivity contribution in [3.8, 4) is 6.07 Å². The highest BCUT2D eigenvalue weighted by molar-refractivity contribution is 8.26. The number of ether oxygens (including phenoxy) is 1. The zero-order chi connectivity index (χ0) is 28.5. The summed E-state index contributed by atoms with van der Waals surface area (Å²) in [5.74, 6) is -0.315. The number of rotatable bonds is 7. The Morgan fingerprint density at radius 3 is 2.49 bits per heavy atom. The molecule has 10 nitrogen and oxygen atoms in total. The zero-order valence-electron chi connectivity index (χ0n) is 22.3. The number of hydrogen-bond donors (Lipinski definition) is 0. The average Bonchev–Trinajstić information content (AvgIpc) is 3.39. The molecule has 13 heteroatoms. The Bertz CT molecular complexity index is 1430. The van der Waals surface area contributed by atoms with Crippen molar-refractivity contribution in [3.63, 3.8) is 0 Å². The zero-order valence-corrected chi connectivity index (χ0v) is 24.7. The first-order valence-electron chi connectivity index (χ1n) is 13.1. The van der Waals surface area contributed by atoms with E-state index in [9.17, 15) is 28.1 Å². The number of nitriles is 1. The number of thiocarbonyl (C=S) groups is 1. The van der Waals surface area contributed by atoms with Gasteiger partial charge in [-0.1, -0.05) is 30.9 Å². The van der Waals surface area contributed by atoms with Gasteiger partial charge in [0.05, 0.1) is 35.0 Å². The second-order valence-corrected chi connectivity index (χ2v) is 13.8. The normalized spacial score (nSPS) is 22.5. The molecule has 1 aromatic heterocycles. The van der Waals surface area contributed by atoms with Gasteiger partial charge in [0.25, 0.3) is 11.5 Å². The summed E-state index contributed by atoms with van der Waals surface area (Å²) >= 11 is 6.58. The van der Waals surface area contributed by atoms with E-state index in [1.54, 1.807) is 24.5 Å². The second kappa shape index (κ2) is 11.8. The van der Waals surface area contributed by atoms with Crippen molar-refractivity contribution >= 4 is 61.9 Å². The van der Waals surface area contributed by atoms with E-state index in [2.05, 4.69) is 0 Å². The molecule has 0 radical (unpaired) electrons. The van der Waals surface area contributed by atoms with E-state index in [0.717, 1.165) is 11.8 Å². The van der Waals surface area contributed by atoms with Crippen molar-refractivity contribution < 1.29 is 22.7 Å². The van der Waals surface area contributed by atoms with E-state index in [-0.39, 0.29) is 40.4 Å². The van der Waals surface area contributed by atoms with Crippen LogP contribution in [0.1, 0.15) is 56.2 Å². The molecular weight excluding hydrogens is 561 g/mol. The lowest BCUT2D eigenvalue weighted by Gasteiger charge is -2.35. The summed E-state index contributed by atoms with van der Waals surface area (Å²) in [4.78, 5) is 42.9. The fourth-order valence-corrected chi connectivity index (χ4v) is 8.49. The summed E-state index contributed by atoms with van der Waals surface area (Å²) in [6.45, 7) is 7.11. The number of hydrogen-bond acceptors (Lipinski definition) is 10. The SMILES string of the molecule is CCCn1c(N2CCC(C(=O)OCC)CC2)c(/C=C2\SC(=S)N(C3CCS(=O)(=O)C3)C2=O)c(C)c(C#N)c1=O. The molecule has 0 N–H and O–H groups in total. The maximum atomic E-state index is 13.5. The van der Waals surface area contributed by atoms with Gasteiger partial charge in [0.15, 0.2) is 9.84 Å². The number of aromatic nitrogens is 1. The van der Waals surface area contributed by atoms with Crippen LogP contribution in [0.25, 0.3) is 6.08 Å². The van der Waals surface area contributed by atoms with Crippen LogP contribution in [0.3, 0.4) is 0 Å². The van der Waals surface area contributed by atoms with Crippen molar-refractivity contribution in [2.45, 2.75) is 59.0 Å². The Balaban J connectivity index is 1.77. The van der Waals surface area contributed by atoms with Crippen molar-refractivity contribution in [2.75, 3.05) is 36.1 Å². The Labute approximate surface area is 237 Å². The van der Waals surface area contributed by atoms with Crippen LogP contribution in [0.15, 0.2) is 9.70 Å². The molecule has 0 aromatic carbocycles. The summed E-state index contributed by atoms with van der Waals surface area (Å²) in [6, 6.07) is 1.54. The third-order valence-electron chi connectivity index (χ3n) is 7.38. The van der Waals surface area contributed by atoms with Gasteiger partial charge in [-0.25, -0.2) is 8.42 Å². The van der Waals surface area contributed by atoms with Crippen LogP contribution in [-0.2, 0) is 30.7 Å². The number of nitrogens with zero attached hydrogens (tertiary/aromatic N) is 4. The lowest BCUT2D eigenvalue weighted by Crippen LogP contribution is -2.41. The largest absolute Gasteiger partial charge is 0.466 e. The minimum absolute atomic E-state index is 0.0113. The quantitative estimate of drug-likeness (QED) is 0.265. The molecule has 4 heterocycles. The van der Waals surface area contributed by atoms with E-state index in [1.165, 1.54) is 4.90 Å². The number of carbonyl (C=O) groups is 2. The molecular formula is C26H32N4O6S3. The average molecular weight is 593 g/mol. The lowest BCUT2D eigenvalue weighted by atomic mass is 9.95. The fourth-order valence-electron chi connectivity index (χ4n) is 5.41. The first-order chi connectivity index (χ1) is 18.5. The van der Waals surface area contributed by atoms with Crippen LogP contribution in [0.2, 0.25) is 0 Å². The Hall–Kier alpha value is -2.69. The van der Waals surface area contributed by atoms with Crippen LogP contribution < -0.4 is 10.5 Å². The molecule has 1 unspecified atom stereocenters. The summed E-state index contributed by atoms with van der Waals surface area (Å²) in [7, 11) is -3.22. The predicted molar refractivity (Wildman–Crippen MR) is 154 cm³/mol. The molecule has 0 bridgehead atoms. The number of anilines is 1. The Morgan fingerprint density at radius 2 is 1.92 bits per heavy atom. The molecule has 39 heavy (non-hydrogen) atoms. The summed E-state index contributed by atoms with van der Waals surface area (Å²) < 4.78 is 31.2. The molecule has 3 aliphatic heterocycles.